The van der Waals surface area contributed by atoms with E-state index in [1.165, 1.54) is 76.1 Å². The number of likely N-dealkylation sites (tertiary alicyclic amines) is 1. The molecule has 2 saturated heterocycles. The molecule has 10 N–H and O–H groups in total. The van der Waals surface area contributed by atoms with Gasteiger partial charge >= 0.3 is 0 Å². The number of phenolic OH excluding ortho intramolecular Hbond substituents is 1. The summed E-state index contributed by atoms with van der Waals surface area (Å²) >= 11 is 6.00. The summed E-state index contributed by atoms with van der Waals surface area (Å²) in [6, 6.07) is 12.9. The highest BCUT2D eigenvalue weighted by atomic mass is 32.2. The van der Waals surface area contributed by atoms with Crippen molar-refractivity contribution < 1.29 is 52.7 Å². The van der Waals surface area contributed by atoms with Crippen molar-refractivity contribution in [1.82, 2.24) is 66.3 Å². The topological polar surface area (TPSA) is 395 Å². The van der Waals surface area contributed by atoms with Crippen molar-refractivity contribution in [3.63, 3.8) is 0 Å². The molecule has 4 aliphatic heterocycles. The summed E-state index contributed by atoms with van der Waals surface area (Å²) in [4.78, 5) is 160. The van der Waals surface area contributed by atoms with Crippen molar-refractivity contribution in [2.45, 2.75) is 101 Å². The van der Waals surface area contributed by atoms with Gasteiger partial charge in [-0.15, -0.1) is 57.1 Å². The number of oxazole rings is 1. The van der Waals surface area contributed by atoms with E-state index in [0.29, 0.717) is 70.8 Å². The Bertz CT molecular complexity index is 4390. The normalized spacial score (nSPS) is 20.2. The maximum atomic E-state index is 15.1. The number of nitrogens with two attached hydrogens (primary N) is 2. The molecule has 32 heteroatoms. The summed E-state index contributed by atoms with van der Waals surface area (Å²) in [6.07, 6.45) is 2.19. The highest BCUT2D eigenvalue weighted by Crippen LogP contribution is 2.40. The van der Waals surface area contributed by atoms with Crippen LogP contribution in [0.2, 0.25) is 0 Å². The average Bonchev–Trinajstić information content (AvgIpc) is 1.68. The quantitative estimate of drug-likeness (QED) is 0.0669. The van der Waals surface area contributed by atoms with Crippen LogP contribution in [0.5, 0.6) is 5.75 Å². The van der Waals surface area contributed by atoms with Gasteiger partial charge in [-0.1, -0.05) is 49.0 Å². The Balaban J connectivity index is 0.875. The fourth-order valence-corrected chi connectivity index (χ4v) is 15.9. The monoisotopic (exact) mass is 1380 g/mol. The Morgan fingerprint density at radius 3 is 2.20 bits per heavy atom. The molecule has 8 aromatic rings. The fraction of sp³-hybridized carbons (Fsp3) is 0.302. The molecule has 95 heavy (non-hydrogen) atoms. The Morgan fingerprint density at radius 2 is 1.42 bits per heavy atom. The number of thiazole rings is 4. The van der Waals surface area contributed by atoms with Gasteiger partial charge in [0.05, 0.1) is 46.5 Å². The number of aromatic nitrogens is 6. The molecular weight excluding hydrogens is 1320 g/mol. The van der Waals surface area contributed by atoms with Gasteiger partial charge in [0.2, 0.25) is 35.4 Å². The SMILES string of the molecule is C=C(NC(=O)c1csc(-c2ccc3c(n2)-c2csc(n2)-c2csc(n2)[C@@H]2CCCN2C(=O)[C@H](Cc2ccc(O)cc2)NC(=O)C2CSC(=N2)[C@H](Cc2ccccc2)NC(=O)c2csc(n2)[C@H](CC(N)=O)NC(=O)c2nc-3oc2C)n1)C(=O)N[C@@H](C)C(=O)N1CCC[C@H]1C(N)=O. The van der Waals surface area contributed by atoms with Crippen LogP contribution < -0.4 is 38.1 Å². The number of fused-ring (bicyclic) bond motifs is 15. The van der Waals surface area contributed by atoms with E-state index in [1.807, 2.05) is 35.7 Å². The van der Waals surface area contributed by atoms with Crippen LogP contribution in [-0.4, -0.2) is 152 Å². The van der Waals surface area contributed by atoms with Crippen LogP contribution >= 0.6 is 57.1 Å². The zero-order valence-corrected chi connectivity index (χ0v) is 54.8. The Hall–Kier alpha value is -9.89. The largest absolute Gasteiger partial charge is 0.508 e. The summed E-state index contributed by atoms with van der Waals surface area (Å²) < 4.78 is 6.25. The van der Waals surface area contributed by atoms with Crippen molar-refractivity contribution >= 4 is 115 Å². The van der Waals surface area contributed by atoms with Crippen LogP contribution in [-0.2, 0) is 41.6 Å². The molecule has 488 valence electrons. The van der Waals surface area contributed by atoms with Crippen molar-refractivity contribution in [3.05, 3.63) is 145 Å². The van der Waals surface area contributed by atoms with Crippen LogP contribution in [0.25, 0.3) is 44.2 Å². The molecule has 4 aliphatic rings. The molecule has 0 spiro atoms. The average molecular weight is 1380 g/mol. The van der Waals surface area contributed by atoms with E-state index in [1.54, 1.807) is 34.5 Å². The summed E-state index contributed by atoms with van der Waals surface area (Å²) in [5.74, 6) is -5.50. The van der Waals surface area contributed by atoms with E-state index < -0.39 is 96.0 Å². The van der Waals surface area contributed by atoms with Crippen LogP contribution in [0.4, 0.5) is 0 Å². The third-order valence-corrected chi connectivity index (χ3v) is 20.9. The second kappa shape index (κ2) is 28.0. The van der Waals surface area contributed by atoms with E-state index in [-0.39, 0.29) is 91.6 Å². The molecule has 10 bridgehead atoms. The number of nitrogens with one attached hydrogen (secondary N) is 5. The lowest BCUT2D eigenvalue weighted by Crippen LogP contribution is -2.52. The maximum absolute atomic E-state index is 15.1. The Kier molecular flexibility index (Phi) is 19.2. The number of rotatable bonds is 13. The molecule has 0 radical (unpaired) electrons. The number of amides is 9. The van der Waals surface area contributed by atoms with Gasteiger partial charge in [0.15, 0.2) is 5.69 Å². The van der Waals surface area contributed by atoms with Gasteiger partial charge in [-0.05, 0) is 81.3 Å². The minimum absolute atomic E-state index is 0.0312. The van der Waals surface area contributed by atoms with Crippen molar-refractivity contribution in [2.24, 2.45) is 16.5 Å². The van der Waals surface area contributed by atoms with Crippen molar-refractivity contribution in [1.29, 1.82) is 0 Å². The first-order valence-corrected chi connectivity index (χ1v) is 34.5. The van der Waals surface area contributed by atoms with E-state index in [2.05, 4.69) is 48.1 Å². The zero-order valence-electron chi connectivity index (χ0n) is 50.7. The number of aryl methyl sites for hydroxylation is 1. The lowest BCUT2D eigenvalue weighted by Gasteiger charge is -2.29. The second-order valence-electron chi connectivity index (χ2n) is 22.8. The molecule has 6 aromatic heterocycles. The third kappa shape index (κ3) is 14.4. The Labute approximate surface area is 561 Å². The smallest absolute Gasteiger partial charge is 0.275 e. The first-order valence-electron chi connectivity index (χ1n) is 30.0. The van der Waals surface area contributed by atoms with Gasteiger partial charge in [-0.25, -0.2) is 29.9 Å². The lowest BCUT2D eigenvalue weighted by molar-refractivity contribution is -0.139. The third-order valence-electron chi connectivity index (χ3n) is 16.1. The number of pyridine rings is 1. The van der Waals surface area contributed by atoms with Crippen LogP contribution in [0.1, 0.15) is 109 Å². The summed E-state index contributed by atoms with van der Waals surface area (Å²) in [7, 11) is 0. The molecule has 0 aliphatic carbocycles. The van der Waals surface area contributed by atoms with Crippen LogP contribution in [0.3, 0.4) is 0 Å². The fourth-order valence-electron chi connectivity index (χ4n) is 11.4. The summed E-state index contributed by atoms with van der Waals surface area (Å²) in [5.41, 5.74) is 13.7. The molecule has 9 amide bonds. The first kappa shape index (κ1) is 65.2. The molecule has 2 fully saturated rings. The number of carbonyl (C=O) groups excluding carboxylic acids is 9. The minimum Gasteiger partial charge on any atom is -0.508 e. The Morgan fingerprint density at radius 1 is 0.726 bits per heavy atom. The first-order chi connectivity index (χ1) is 45.7. The van der Waals surface area contributed by atoms with Gasteiger partial charge < -0.3 is 57.4 Å². The molecule has 27 nitrogen and oxygen atoms in total. The van der Waals surface area contributed by atoms with E-state index in [0.717, 1.165) is 28.2 Å². The van der Waals surface area contributed by atoms with Gasteiger partial charge in [-0.2, -0.15) is 0 Å². The van der Waals surface area contributed by atoms with Crippen LogP contribution in [0.15, 0.2) is 110 Å². The van der Waals surface area contributed by atoms with Crippen LogP contribution in [0, 0.1) is 6.92 Å². The number of nitrogens with zero attached hydrogens (tertiary/aromatic N) is 9. The van der Waals surface area contributed by atoms with Crippen molar-refractivity contribution in [3.8, 4) is 50.0 Å². The predicted octanol–water partition coefficient (Wildman–Crippen LogP) is 5.41. The second-order valence-corrected chi connectivity index (χ2v) is 27.3. The molecule has 7 atom stereocenters. The number of primary amides is 2. The molecular formula is C63H60N16O11S5. The lowest BCUT2D eigenvalue weighted by atomic mass is 10.0. The molecule has 0 saturated carbocycles. The number of aliphatic imine (C=N–C) groups is 1. The van der Waals surface area contributed by atoms with E-state index >= 15 is 4.79 Å². The number of thioether (sulfide) groups is 1. The molecule has 10 heterocycles. The highest BCUT2D eigenvalue weighted by Gasteiger charge is 2.40. The highest BCUT2D eigenvalue weighted by molar-refractivity contribution is 8.14. The van der Waals surface area contributed by atoms with Gasteiger partial charge in [0, 0.05) is 46.8 Å². The maximum Gasteiger partial charge on any atom is 0.275 e. The summed E-state index contributed by atoms with van der Waals surface area (Å²) in [6.45, 7) is 7.35. The number of phenols is 1. The molecule has 2 aromatic carbocycles. The number of hydrogen-bond acceptors (Lipinski definition) is 23. The van der Waals surface area contributed by atoms with Crippen molar-refractivity contribution in [2.75, 3.05) is 18.8 Å². The molecule has 1 unspecified atom stereocenters. The van der Waals surface area contributed by atoms with E-state index in [4.69, 9.17) is 35.8 Å². The zero-order chi connectivity index (χ0) is 66.8. The van der Waals surface area contributed by atoms with Gasteiger partial charge in [0.1, 0.15) is 84.2 Å². The number of carbonyl (C=O) groups is 9. The molecule has 12 rings (SSSR count). The van der Waals surface area contributed by atoms with Gasteiger partial charge in [-0.3, -0.25) is 48.1 Å². The predicted molar refractivity (Wildman–Crippen MR) is 355 cm³/mol. The number of benzene rings is 2. The summed E-state index contributed by atoms with van der Waals surface area (Å²) in [5, 5.41) is 32.6. The van der Waals surface area contributed by atoms with E-state index in [9.17, 15) is 43.5 Å². The minimum atomic E-state index is -1.13. The standard InChI is InChI=1S/C63H60N16O11S5/c1-29(51(83)67-30(2)62(88)78-19-7-11-45(78)50(65)82)66-52(84)41-25-92-57(73-41)36-18-17-35-49(68-36)40-24-91-60(72-40)44-28-95-61(76-44)46-12-8-20-79(46)63(89)39(22-33-13-15-34(80)16-14-33)71-54(86)43-27-93-58(74-43)37(21-32-9-5-4-6-10-32)69-53(85)42-26-94-59(75-42)38(23-47(64)81)70-55(87)48-31(3)90-56(35)77-48/h4-6,9-10,13-18,24-26,28,30,37-39,43,45-46,80H,1,7-8,11-12,19-23,27H2,2-3H3,(H2,64,81)(H2,65,82)(H,66,84)(H,67,83)(H,69,85)(H,70,87)(H,71,86)/t30-,37-,38-,39-,43?,45-,46-/m0/s1. The number of aromatic hydroxyl groups is 1. The number of hydrogen-bond donors (Lipinski definition) is 8. The van der Waals surface area contributed by atoms with Gasteiger partial charge in [0.25, 0.3) is 23.6 Å².